The predicted molar refractivity (Wildman–Crippen MR) is 77.7 cm³/mol. The summed E-state index contributed by atoms with van der Waals surface area (Å²) in [6, 6.07) is 0. The van der Waals surface area contributed by atoms with E-state index in [-0.39, 0.29) is 42.0 Å². The van der Waals surface area contributed by atoms with Crippen molar-refractivity contribution in [1.29, 1.82) is 0 Å². The summed E-state index contributed by atoms with van der Waals surface area (Å²) in [6.07, 6.45) is 4.95. The van der Waals surface area contributed by atoms with Crippen molar-refractivity contribution in [3.8, 4) is 0 Å². The fraction of sp³-hybridized carbons (Fsp3) is 0.500. The molecule has 0 spiro atoms. The fourth-order valence-corrected chi connectivity index (χ4v) is 4.38. The molecule has 1 aliphatic heterocycles. The number of hydrogen-bond donors (Lipinski definition) is 1. The lowest BCUT2D eigenvalue weighted by molar-refractivity contribution is -0.143. The Hall–Kier alpha value is -2.09. The molecule has 1 aromatic rings. The fourth-order valence-electron chi connectivity index (χ4n) is 3.77. The van der Waals surface area contributed by atoms with Gasteiger partial charge in [0, 0.05) is 0 Å². The standard InChI is InChI=1S/C14H14N4O3S/c1-6-16-17-14(22-6)15-9(19)5-18-12(20)10-7-2-3-8(4-7)11(10)13(18)21/h2-3,7-8,10-11H,4-5H2,1H3,(H,15,17,19). The minimum atomic E-state index is -0.418. The average Bonchev–Trinajstić information content (AvgIpc) is 3.21. The Morgan fingerprint density at radius 2 is 1.91 bits per heavy atom. The van der Waals surface area contributed by atoms with Crippen LogP contribution in [-0.2, 0) is 14.4 Å². The zero-order chi connectivity index (χ0) is 15.4. The normalized spacial score (nSPS) is 32.0. The van der Waals surface area contributed by atoms with Crippen LogP contribution < -0.4 is 5.32 Å². The first kappa shape index (κ1) is 13.6. The van der Waals surface area contributed by atoms with Crippen LogP contribution >= 0.6 is 11.3 Å². The number of aryl methyl sites for hydroxylation is 1. The molecular weight excluding hydrogens is 304 g/mol. The van der Waals surface area contributed by atoms with E-state index < -0.39 is 5.91 Å². The minimum Gasteiger partial charge on any atom is -0.299 e. The molecule has 2 fully saturated rings. The Balaban J connectivity index is 1.46. The summed E-state index contributed by atoms with van der Waals surface area (Å²) in [5, 5.41) is 11.3. The third kappa shape index (κ3) is 1.90. The van der Waals surface area contributed by atoms with E-state index in [0.717, 1.165) is 16.3 Å². The van der Waals surface area contributed by atoms with Gasteiger partial charge >= 0.3 is 0 Å². The third-order valence-corrected chi connectivity index (χ3v) is 5.39. The van der Waals surface area contributed by atoms with E-state index in [4.69, 9.17) is 0 Å². The lowest BCUT2D eigenvalue weighted by Crippen LogP contribution is -2.39. The topological polar surface area (TPSA) is 92.3 Å². The number of imide groups is 1. The van der Waals surface area contributed by atoms with Crippen molar-refractivity contribution in [3.05, 3.63) is 17.2 Å². The van der Waals surface area contributed by atoms with Gasteiger partial charge in [0.15, 0.2) is 0 Å². The Bertz CT molecular complexity index is 683. The minimum absolute atomic E-state index is 0.158. The van der Waals surface area contributed by atoms with Gasteiger partial charge in [-0.25, -0.2) is 0 Å². The maximum Gasteiger partial charge on any atom is 0.246 e. The Labute approximate surface area is 130 Å². The molecule has 3 aliphatic rings. The van der Waals surface area contributed by atoms with Crippen molar-refractivity contribution in [2.45, 2.75) is 13.3 Å². The summed E-state index contributed by atoms with van der Waals surface area (Å²) in [4.78, 5) is 38.0. The molecule has 114 valence electrons. The largest absolute Gasteiger partial charge is 0.299 e. The number of nitrogens with one attached hydrogen (secondary N) is 1. The van der Waals surface area contributed by atoms with Crippen molar-refractivity contribution < 1.29 is 14.4 Å². The first-order valence-electron chi connectivity index (χ1n) is 7.18. The third-order valence-electron chi connectivity index (χ3n) is 4.64. The van der Waals surface area contributed by atoms with Gasteiger partial charge in [-0.3, -0.25) is 24.6 Å². The molecule has 4 atom stereocenters. The van der Waals surface area contributed by atoms with E-state index in [1.807, 2.05) is 12.2 Å². The molecule has 2 heterocycles. The van der Waals surface area contributed by atoms with Crippen LogP contribution in [0.3, 0.4) is 0 Å². The van der Waals surface area contributed by atoms with E-state index in [0.29, 0.717) is 5.13 Å². The highest BCUT2D eigenvalue weighted by molar-refractivity contribution is 7.15. The zero-order valence-electron chi connectivity index (χ0n) is 11.9. The molecule has 1 saturated carbocycles. The van der Waals surface area contributed by atoms with Crippen molar-refractivity contribution in [2.24, 2.45) is 23.7 Å². The van der Waals surface area contributed by atoms with Gasteiger partial charge in [0.25, 0.3) is 0 Å². The number of allylic oxidation sites excluding steroid dienone is 2. The molecule has 2 bridgehead atoms. The molecule has 4 unspecified atom stereocenters. The van der Waals surface area contributed by atoms with Crippen LogP contribution in [0.1, 0.15) is 11.4 Å². The van der Waals surface area contributed by atoms with Gasteiger partial charge in [-0.1, -0.05) is 23.5 Å². The van der Waals surface area contributed by atoms with Gasteiger partial charge in [0.2, 0.25) is 22.9 Å². The molecule has 1 aromatic heterocycles. The van der Waals surface area contributed by atoms with Crippen LogP contribution in [0.25, 0.3) is 0 Å². The van der Waals surface area contributed by atoms with Crippen LogP contribution in [0, 0.1) is 30.6 Å². The lowest BCUT2D eigenvalue weighted by Gasteiger charge is -2.16. The number of fused-ring (bicyclic) bond motifs is 5. The summed E-state index contributed by atoms with van der Waals surface area (Å²) in [5.74, 6) is -1.06. The molecule has 2 aliphatic carbocycles. The van der Waals surface area contributed by atoms with Gasteiger partial charge in [0.1, 0.15) is 11.6 Å². The van der Waals surface area contributed by atoms with E-state index in [1.165, 1.54) is 11.3 Å². The molecule has 1 N–H and O–H groups in total. The van der Waals surface area contributed by atoms with Crippen LogP contribution in [-0.4, -0.2) is 39.4 Å². The quantitative estimate of drug-likeness (QED) is 0.650. The monoisotopic (exact) mass is 318 g/mol. The average molecular weight is 318 g/mol. The number of nitrogens with zero attached hydrogens (tertiary/aromatic N) is 3. The maximum absolute atomic E-state index is 12.4. The number of amides is 3. The van der Waals surface area contributed by atoms with E-state index >= 15 is 0 Å². The molecule has 3 amide bonds. The first-order chi connectivity index (χ1) is 10.5. The predicted octanol–water partition coefficient (Wildman–Crippen LogP) is 0.592. The lowest BCUT2D eigenvalue weighted by atomic mass is 9.85. The molecule has 8 heteroatoms. The van der Waals surface area contributed by atoms with Crippen LogP contribution in [0.2, 0.25) is 0 Å². The summed E-state index contributed by atoms with van der Waals surface area (Å²) in [7, 11) is 0. The second-order valence-electron chi connectivity index (χ2n) is 5.94. The summed E-state index contributed by atoms with van der Waals surface area (Å²) in [5.41, 5.74) is 0. The van der Waals surface area contributed by atoms with Crippen molar-refractivity contribution in [3.63, 3.8) is 0 Å². The maximum atomic E-state index is 12.4. The van der Waals surface area contributed by atoms with Crippen LogP contribution in [0.4, 0.5) is 5.13 Å². The Morgan fingerprint density at radius 1 is 1.27 bits per heavy atom. The summed E-state index contributed by atoms with van der Waals surface area (Å²) < 4.78 is 0. The highest BCUT2D eigenvalue weighted by Gasteiger charge is 2.59. The summed E-state index contributed by atoms with van der Waals surface area (Å²) >= 11 is 1.25. The Kier molecular flexibility index (Phi) is 2.90. The van der Waals surface area contributed by atoms with E-state index in [1.54, 1.807) is 6.92 Å². The molecule has 22 heavy (non-hydrogen) atoms. The van der Waals surface area contributed by atoms with Gasteiger partial charge in [-0.05, 0) is 25.2 Å². The zero-order valence-corrected chi connectivity index (χ0v) is 12.7. The smallest absolute Gasteiger partial charge is 0.246 e. The number of hydrogen-bond acceptors (Lipinski definition) is 6. The molecule has 1 saturated heterocycles. The number of carbonyl (C=O) groups excluding carboxylic acids is 3. The highest BCUT2D eigenvalue weighted by atomic mass is 32.1. The van der Waals surface area contributed by atoms with Crippen molar-refractivity contribution in [1.82, 2.24) is 15.1 Å². The van der Waals surface area contributed by atoms with Gasteiger partial charge in [0.05, 0.1) is 11.8 Å². The van der Waals surface area contributed by atoms with Crippen LogP contribution in [0.5, 0.6) is 0 Å². The Morgan fingerprint density at radius 3 is 2.45 bits per heavy atom. The molecule has 0 aromatic carbocycles. The first-order valence-corrected chi connectivity index (χ1v) is 8.00. The van der Waals surface area contributed by atoms with Gasteiger partial charge < -0.3 is 0 Å². The summed E-state index contributed by atoms with van der Waals surface area (Å²) in [6.45, 7) is 1.54. The number of likely N-dealkylation sites (tertiary alicyclic amines) is 1. The van der Waals surface area contributed by atoms with E-state index in [2.05, 4.69) is 15.5 Å². The molecule has 4 rings (SSSR count). The number of carbonyl (C=O) groups is 3. The number of aromatic nitrogens is 2. The molecule has 7 nitrogen and oxygen atoms in total. The van der Waals surface area contributed by atoms with Gasteiger partial charge in [-0.15, -0.1) is 10.2 Å². The number of anilines is 1. The second-order valence-corrected chi connectivity index (χ2v) is 7.12. The highest BCUT2D eigenvalue weighted by Crippen LogP contribution is 2.52. The van der Waals surface area contributed by atoms with Crippen molar-refractivity contribution >= 4 is 34.2 Å². The molecular formula is C14H14N4O3S. The van der Waals surface area contributed by atoms with Crippen LogP contribution in [0.15, 0.2) is 12.2 Å². The molecule has 0 radical (unpaired) electrons. The van der Waals surface area contributed by atoms with Crippen molar-refractivity contribution in [2.75, 3.05) is 11.9 Å². The second kappa shape index (κ2) is 4.70. The van der Waals surface area contributed by atoms with Gasteiger partial charge in [-0.2, -0.15) is 0 Å². The van der Waals surface area contributed by atoms with E-state index in [9.17, 15) is 14.4 Å². The SMILES string of the molecule is Cc1nnc(NC(=O)CN2C(=O)C3C4C=CC(C4)C3C2=O)s1. The number of rotatable bonds is 3.